The highest BCUT2D eigenvalue weighted by molar-refractivity contribution is 5.69. The molecule has 0 saturated carbocycles. The second kappa shape index (κ2) is 3.73. The lowest BCUT2D eigenvalue weighted by atomic mass is 9.81. The van der Waals surface area contributed by atoms with Crippen LogP contribution in [0.5, 0.6) is 0 Å². The summed E-state index contributed by atoms with van der Waals surface area (Å²) in [6.07, 6.45) is 3.63. The van der Waals surface area contributed by atoms with Crippen LogP contribution in [0.15, 0.2) is 6.33 Å². The van der Waals surface area contributed by atoms with E-state index in [1.807, 2.05) is 25.7 Å². The fourth-order valence-corrected chi connectivity index (χ4v) is 2.92. The Bertz CT molecular complexity index is 475. The van der Waals surface area contributed by atoms with E-state index in [1.54, 1.807) is 6.33 Å². The van der Waals surface area contributed by atoms with Crippen molar-refractivity contribution in [3.8, 4) is 0 Å². The Morgan fingerprint density at radius 3 is 3.00 bits per heavy atom. The summed E-state index contributed by atoms with van der Waals surface area (Å²) in [5.41, 5.74) is 1.80. The lowest BCUT2D eigenvalue weighted by molar-refractivity contribution is 0.00238. The van der Waals surface area contributed by atoms with Gasteiger partial charge in [0.1, 0.15) is 5.60 Å². The number of H-pyrrole nitrogens is 1. The van der Waals surface area contributed by atoms with Crippen molar-refractivity contribution in [2.75, 3.05) is 6.54 Å². The Morgan fingerprint density at radius 2 is 2.28 bits per heavy atom. The molecule has 1 aromatic rings. The number of piperidine rings is 1. The zero-order chi connectivity index (χ0) is 12.9. The topological polar surface area (TPSA) is 58.2 Å². The Labute approximate surface area is 107 Å². The standard InChI is InChI=1S/C13H19N3O2/c1-13(2,3)18-12(17)16-6-8-4-5-9(16)11-10(8)14-7-15-11/h7-9H,4-6H2,1-3H3,(H,14,15). The Kier molecular flexibility index (Phi) is 2.40. The van der Waals surface area contributed by atoms with Crippen molar-refractivity contribution >= 4 is 6.09 Å². The van der Waals surface area contributed by atoms with E-state index < -0.39 is 5.60 Å². The molecule has 5 nitrogen and oxygen atoms in total. The van der Waals surface area contributed by atoms with Crippen LogP contribution >= 0.6 is 0 Å². The first-order valence-corrected chi connectivity index (χ1v) is 6.48. The number of hydrogen-bond donors (Lipinski definition) is 1. The number of carbonyl (C=O) groups excluding carboxylic acids is 1. The molecule has 2 aliphatic heterocycles. The van der Waals surface area contributed by atoms with Crippen LogP contribution in [-0.4, -0.2) is 33.1 Å². The van der Waals surface area contributed by atoms with Crippen molar-refractivity contribution in [2.45, 2.75) is 51.2 Å². The summed E-state index contributed by atoms with van der Waals surface area (Å²) in [5.74, 6) is 0.365. The highest BCUT2D eigenvalue weighted by Gasteiger charge is 2.43. The molecule has 3 heterocycles. The molecule has 1 fully saturated rings. The van der Waals surface area contributed by atoms with E-state index in [0.29, 0.717) is 5.92 Å². The average Bonchev–Trinajstić information content (AvgIpc) is 2.77. The van der Waals surface area contributed by atoms with Crippen molar-refractivity contribution in [2.24, 2.45) is 0 Å². The van der Waals surface area contributed by atoms with Crippen molar-refractivity contribution in [1.82, 2.24) is 14.9 Å². The van der Waals surface area contributed by atoms with E-state index in [-0.39, 0.29) is 12.1 Å². The number of aromatic nitrogens is 2. The number of carbonyl (C=O) groups is 1. The molecule has 18 heavy (non-hydrogen) atoms. The van der Waals surface area contributed by atoms with Crippen LogP contribution in [0.1, 0.15) is 57.0 Å². The van der Waals surface area contributed by atoms with Crippen molar-refractivity contribution in [3.05, 3.63) is 17.7 Å². The number of nitrogens with zero attached hydrogens (tertiary/aromatic N) is 2. The molecule has 1 aliphatic carbocycles. The predicted octanol–water partition coefficient (Wildman–Crippen LogP) is 2.58. The smallest absolute Gasteiger partial charge is 0.410 e. The van der Waals surface area contributed by atoms with Crippen LogP contribution in [0.25, 0.3) is 0 Å². The zero-order valence-corrected chi connectivity index (χ0v) is 11.1. The minimum atomic E-state index is -0.440. The van der Waals surface area contributed by atoms with E-state index in [2.05, 4.69) is 9.97 Å². The van der Waals surface area contributed by atoms with Crippen LogP contribution in [0.2, 0.25) is 0 Å². The largest absolute Gasteiger partial charge is 0.444 e. The minimum absolute atomic E-state index is 0.113. The summed E-state index contributed by atoms with van der Waals surface area (Å²) >= 11 is 0. The van der Waals surface area contributed by atoms with E-state index in [4.69, 9.17) is 4.74 Å². The van der Waals surface area contributed by atoms with Crippen molar-refractivity contribution in [3.63, 3.8) is 0 Å². The highest BCUT2D eigenvalue weighted by Crippen LogP contribution is 2.45. The maximum Gasteiger partial charge on any atom is 0.410 e. The Hall–Kier alpha value is -1.52. The molecular weight excluding hydrogens is 230 g/mol. The van der Waals surface area contributed by atoms with Crippen LogP contribution in [0, 0.1) is 0 Å². The summed E-state index contributed by atoms with van der Waals surface area (Å²) < 4.78 is 5.47. The van der Waals surface area contributed by atoms with Gasteiger partial charge in [0.2, 0.25) is 0 Å². The van der Waals surface area contributed by atoms with Gasteiger partial charge in [-0.05, 0) is 33.6 Å². The van der Waals surface area contributed by atoms with Gasteiger partial charge < -0.3 is 9.72 Å². The molecular formula is C13H19N3O2. The van der Waals surface area contributed by atoms with Gasteiger partial charge in [0.25, 0.3) is 0 Å². The first kappa shape index (κ1) is 11.6. The molecule has 5 heteroatoms. The van der Waals surface area contributed by atoms with Crippen LogP contribution in [-0.2, 0) is 4.74 Å². The Balaban J connectivity index is 1.84. The van der Waals surface area contributed by atoms with Crippen molar-refractivity contribution in [1.29, 1.82) is 0 Å². The second-order valence-electron chi connectivity index (χ2n) is 6.12. The third kappa shape index (κ3) is 1.78. The number of fused-ring (bicyclic) bond motifs is 2. The molecule has 2 atom stereocenters. The molecule has 0 aromatic carbocycles. The van der Waals surface area contributed by atoms with Gasteiger partial charge in [-0.15, -0.1) is 0 Å². The molecule has 2 unspecified atom stereocenters. The van der Waals surface area contributed by atoms with E-state index in [1.165, 1.54) is 0 Å². The number of imidazole rings is 1. The summed E-state index contributed by atoms with van der Waals surface area (Å²) in [6, 6.07) is 0.113. The van der Waals surface area contributed by atoms with Crippen molar-refractivity contribution < 1.29 is 9.53 Å². The third-order valence-corrected chi connectivity index (χ3v) is 3.63. The van der Waals surface area contributed by atoms with E-state index >= 15 is 0 Å². The quantitative estimate of drug-likeness (QED) is 0.768. The van der Waals surface area contributed by atoms with Gasteiger partial charge >= 0.3 is 6.09 Å². The maximum absolute atomic E-state index is 12.2. The van der Waals surface area contributed by atoms with Crippen LogP contribution in [0.4, 0.5) is 4.79 Å². The van der Waals surface area contributed by atoms with Crippen LogP contribution < -0.4 is 0 Å². The summed E-state index contributed by atoms with van der Waals surface area (Å²) in [5, 5.41) is 0. The average molecular weight is 249 g/mol. The molecule has 98 valence electrons. The van der Waals surface area contributed by atoms with Gasteiger partial charge in [-0.2, -0.15) is 0 Å². The molecule has 0 spiro atoms. The Morgan fingerprint density at radius 1 is 1.50 bits per heavy atom. The minimum Gasteiger partial charge on any atom is -0.444 e. The number of rotatable bonds is 0. The number of nitrogens with one attached hydrogen (secondary N) is 1. The van der Waals surface area contributed by atoms with E-state index in [9.17, 15) is 4.79 Å². The van der Waals surface area contributed by atoms with Gasteiger partial charge in [-0.3, -0.25) is 4.90 Å². The molecule has 3 aliphatic rings. The number of ether oxygens (including phenoxy) is 1. The third-order valence-electron chi connectivity index (χ3n) is 3.63. The van der Waals surface area contributed by atoms with Crippen LogP contribution in [0.3, 0.4) is 0 Å². The lowest BCUT2D eigenvalue weighted by Crippen LogP contribution is -2.47. The molecule has 4 rings (SSSR count). The van der Waals surface area contributed by atoms with E-state index in [0.717, 1.165) is 30.8 Å². The molecule has 0 radical (unpaired) electrons. The normalized spacial score (nSPS) is 26.1. The fraction of sp³-hybridized carbons (Fsp3) is 0.692. The molecule has 1 N–H and O–H groups in total. The predicted molar refractivity (Wildman–Crippen MR) is 66.2 cm³/mol. The summed E-state index contributed by atoms with van der Waals surface area (Å²) in [6.45, 7) is 6.43. The van der Waals surface area contributed by atoms with Gasteiger partial charge in [0.15, 0.2) is 0 Å². The maximum atomic E-state index is 12.2. The number of amides is 1. The number of aromatic amines is 1. The number of hydrogen-bond acceptors (Lipinski definition) is 3. The first-order chi connectivity index (χ1) is 8.46. The van der Waals surface area contributed by atoms with Gasteiger partial charge in [0.05, 0.1) is 23.8 Å². The monoisotopic (exact) mass is 249 g/mol. The molecule has 2 bridgehead atoms. The second-order valence-corrected chi connectivity index (χ2v) is 6.12. The lowest BCUT2D eigenvalue weighted by Gasteiger charge is -2.44. The first-order valence-electron chi connectivity index (χ1n) is 6.48. The summed E-state index contributed by atoms with van der Waals surface area (Å²) in [7, 11) is 0. The van der Waals surface area contributed by atoms with Gasteiger partial charge in [-0.25, -0.2) is 9.78 Å². The SMILES string of the molecule is CC(C)(C)OC(=O)N1CC2CCC1c1[nH]cnc12. The van der Waals surface area contributed by atoms with Gasteiger partial charge in [0, 0.05) is 12.5 Å². The molecule has 1 saturated heterocycles. The van der Waals surface area contributed by atoms with Gasteiger partial charge in [-0.1, -0.05) is 0 Å². The fourth-order valence-electron chi connectivity index (χ4n) is 2.92. The molecule has 1 aromatic heterocycles. The summed E-state index contributed by atoms with van der Waals surface area (Å²) in [4.78, 5) is 21.6. The zero-order valence-electron chi connectivity index (χ0n) is 11.1. The molecule has 1 amide bonds. The highest BCUT2D eigenvalue weighted by atomic mass is 16.6.